The van der Waals surface area contributed by atoms with Crippen LogP contribution in [0.4, 0.5) is 0 Å². The lowest BCUT2D eigenvalue weighted by Gasteiger charge is -2.24. The summed E-state index contributed by atoms with van der Waals surface area (Å²) in [6.45, 7) is 3.07. The van der Waals surface area contributed by atoms with Crippen molar-refractivity contribution in [1.82, 2.24) is 0 Å². The van der Waals surface area contributed by atoms with Crippen LogP contribution in [0.15, 0.2) is 12.2 Å². The molecule has 1 saturated heterocycles. The molecule has 2 nitrogen and oxygen atoms in total. The van der Waals surface area contributed by atoms with E-state index in [-0.39, 0.29) is 5.60 Å². The topological polar surface area (TPSA) is 18.5 Å². The van der Waals surface area contributed by atoms with Crippen LogP contribution in [0.2, 0.25) is 0 Å². The summed E-state index contributed by atoms with van der Waals surface area (Å²) in [5.74, 6) is 2.04. The lowest BCUT2D eigenvalue weighted by atomic mass is 10.0. The highest BCUT2D eigenvalue weighted by Gasteiger charge is 2.78. The van der Waals surface area contributed by atoms with Gasteiger partial charge in [0.2, 0.25) is 0 Å². The predicted octanol–water partition coefficient (Wildman–Crippen LogP) is 1.75. The van der Waals surface area contributed by atoms with Crippen LogP contribution < -0.4 is 0 Å². The molecule has 0 radical (unpaired) electrons. The van der Waals surface area contributed by atoms with E-state index in [1.54, 1.807) is 0 Å². The molecule has 1 spiro atoms. The Bertz CT molecular complexity index is 311. The van der Waals surface area contributed by atoms with E-state index in [1.807, 2.05) is 0 Å². The van der Waals surface area contributed by atoms with E-state index in [4.69, 9.17) is 9.47 Å². The highest BCUT2D eigenvalue weighted by Crippen LogP contribution is 2.71. The SMILES string of the molecule is C[C@@H]1CCO[C@H]2C[C@@H]3C=C[C@@H]4[C@H]2[C@@]43O1. The normalized spacial score (nSPS) is 63.4. The van der Waals surface area contributed by atoms with E-state index in [9.17, 15) is 0 Å². The molecule has 6 atom stereocenters. The summed E-state index contributed by atoms with van der Waals surface area (Å²) in [7, 11) is 0. The quantitative estimate of drug-likeness (QED) is 0.544. The van der Waals surface area contributed by atoms with Crippen molar-refractivity contribution in [1.29, 1.82) is 0 Å². The van der Waals surface area contributed by atoms with Crippen LogP contribution >= 0.6 is 0 Å². The van der Waals surface area contributed by atoms with Gasteiger partial charge in [0.05, 0.1) is 17.8 Å². The van der Waals surface area contributed by atoms with Crippen LogP contribution in [0.1, 0.15) is 19.8 Å². The molecule has 3 aliphatic carbocycles. The fourth-order valence-electron chi connectivity index (χ4n) is 4.00. The standard InChI is InChI=1S/C12H16O2/c1-7-4-5-13-10-6-8-2-3-9-11(10)12(8,9)14-7/h2-3,7-11H,4-6H2,1H3/t7-,8+,9-,10+,11-,12+/m1/s1. The Morgan fingerprint density at radius 2 is 2.29 bits per heavy atom. The van der Waals surface area contributed by atoms with Crippen molar-refractivity contribution >= 4 is 0 Å². The van der Waals surface area contributed by atoms with Gasteiger partial charge in [-0.15, -0.1) is 0 Å². The van der Waals surface area contributed by atoms with Gasteiger partial charge in [0.1, 0.15) is 0 Å². The first kappa shape index (κ1) is 7.89. The second-order valence-corrected chi connectivity index (χ2v) is 5.26. The first-order chi connectivity index (χ1) is 6.82. The molecule has 0 aromatic rings. The first-order valence-electron chi connectivity index (χ1n) is 5.80. The molecule has 0 unspecified atom stereocenters. The molecular formula is C12H16O2. The summed E-state index contributed by atoms with van der Waals surface area (Å²) in [5.41, 5.74) is 0.199. The van der Waals surface area contributed by atoms with Gasteiger partial charge in [-0.1, -0.05) is 12.2 Å². The zero-order valence-corrected chi connectivity index (χ0v) is 8.48. The number of ether oxygens (including phenoxy) is 2. The molecular weight excluding hydrogens is 176 g/mol. The van der Waals surface area contributed by atoms with E-state index >= 15 is 0 Å². The van der Waals surface area contributed by atoms with E-state index in [0.29, 0.717) is 30.0 Å². The summed E-state index contributed by atoms with van der Waals surface area (Å²) in [6, 6.07) is 0. The Hall–Kier alpha value is -0.340. The molecule has 2 saturated carbocycles. The maximum Gasteiger partial charge on any atom is 0.0875 e. The summed E-state index contributed by atoms with van der Waals surface area (Å²) < 4.78 is 12.2. The van der Waals surface area contributed by atoms with Crippen molar-refractivity contribution in [2.24, 2.45) is 17.8 Å². The Labute approximate surface area is 84.3 Å². The smallest absolute Gasteiger partial charge is 0.0875 e. The average Bonchev–Trinajstić information content (AvgIpc) is 2.52. The van der Waals surface area contributed by atoms with E-state index in [1.165, 1.54) is 6.42 Å². The van der Waals surface area contributed by atoms with Crippen molar-refractivity contribution in [2.75, 3.05) is 6.61 Å². The zero-order valence-electron chi connectivity index (χ0n) is 8.48. The largest absolute Gasteiger partial charge is 0.378 e. The number of hydrogen-bond donors (Lipinski definition) is 0. The van der Waals surface area contributed by atoms with Gasteiger partial charge in [0.15, 0.2) is 0 Å². The van der Waals surface area contributed by atoms with E-state index in [0.717, 1.165) is 13.0 Å². The van der Waals surface area contributed by atoms with Crippen molar-refractivity contribution in [3.8, 4) is 0 Å². The van der Waals surface area contributed by atoms with E-state index < -0.39 is 0 Å². The molecule has 2 bridgehead atoms. The minimum absolute atomic E-state index is 0.199. The Morgan fingerprint density at radius 1 is 1.36 bits per heavy atom. The molecule has 0 N–H and O–H groups in total. The summed E-state index contributed by atoms with van der Waals surface area (Å²) in [5, 5.41) is 0. The van der Waals surface area contributed by atoms with Crippen molar-refractivity contribution in [3.05, 3.63) is 12.2 Å². The van der Waals surface area contributed by atoms with Crippen LogP contribution in [0.3, 0.4) is 0 Å². The Kier molecular flexibility index (Phi) is 1.27. The highest BCUT2D eigenvalue weighted by atomic mass is 16.5. The number of rotatable bonds is 0. The predicted molar refractivity (Wildman–Crippen MR) is 51.9 cm³/mol. The maximum absolute atomic E-state index is 6.29. The Morgan fingerprint density at radius 3 is 3.14 bits per heavy atom. The van der Waals surface area contributed by atoms with Crippen LogP contribution in [-0.2, 0) is 9.47 Å². The molecule has 0 aromatic heterocycles. The van der Waals surface area contributed by atoms with Gasteiger partial charge in [-0.2, -0.15) is 0 Å². The monoisotopic (exact) mass is 192 g/mol. The van der Waals surface area contributed by atoms with Gasteiger partial charge < -0.3 is 9.47 Å². The minimum Gasteiger partial charge on any atom is -0.378 e. The van der Waals surface area contributed by atoms with Gasteiger partial charge >= 0.3 is 0 Å². The molecule has 2 heteroatoms. The molecule has 3 fully saturated rings. The molecule has 76 valence electrons. The zero-order chi connectivity index (χ0) is 9.34. The van der Waals surface area contributed by atoms with Gasteiger partial charge in [0, 0.05) is 24.4 Å². The summed E-state index contributed by atoms with van der Waals surface area (Å²) in [4.78, 5) is 0. The van der Waals surface area contributed by atoms with Crippen molar-refractivity contribution in [2.45, 2.75) is 37.6 Å². The van der Waals surface area contributed by atoms with Crippen LogP contribution in [0.25, 0.3) is 0 Å². The summed E-state index contributed by atoms with van der Waals surface area (Å²) >= 11 is 0. The molecule has 4 aliphatic rings. The van der Waals surface area contributed by atoms with Crippen molar-refractivity contribution in [3.63, 3.8) is 0 Å². The lowest BCUT2D eigenvalue weighted by Crippen LogP contribution is -2.29. The molecule has 0 aromatic carbocycles. The second-order valence-electron chi connectivity index (χ2n) is 5.26. The molecule has 14 heavy (non-hydrogen) atoms. The molecule has 1 aliphatic heterocycles. The lowest BCUT2D eigenvalue weighted by molar-refractivity contribution is -0.0720. The molecule has 1 heterocycles. The Balaban J connectivity index is 1.74. The third kappa shape index (κ3) is 0.695. The summed E-state index contributed by atoms with van der Waals surface area (Å²) in [6.07, 6.45) is 7.87. The third-order valence-corrected chi connectivity index (χ3v) is 4.60. The van der Waals surface area contributed by atoms with E-state index in [2.05, 4.69) is 19.1 Å². The minimum atomic E-state index is 0.199. The fraction of sp³-hybridized carbons (Fsp3) is 0.833. The van der Waals surface area contributed by atoms with Gasteiger partial charge in [0.25, 0.3) is 0 Å². The van der Waals surface area contributed by atoms with Gasteiger partial charge in [-0.05, 0) is 19.8 Å². The molecule has 4 rings (SSSR count). The fourth-order valence-corrected chi connectivity index (χ4v) is 4.00. The second kappa shape index (κ2) is 2.25. The van der Waals surface area contributed by atoms with Crippen LogP contribution in [-0.4, -0.2) is 24.4 Å². The van der Waals surface area contributed by atoms with Crippen LogP contribution in [0, 0.1) is 17.8 Å². The average molecular weight is 192 g/mol. The molecule has 0 amide bonds. The van der Waals surface area contributed by atoms with Crippen molar-refractivity contribution < 1.29 is 9.47 Å². The van der Waals surface area contributed by atoms with Gasteiger partial charge in [-0.3, -0.25) is 0 Å². The number of hydrogen-bond acceptors (Lipinski definition) is 2. The first-order valence-corrected chi connectivity index (χ1v) is 5.80. The van der Waals surface area contributed by atoms with Crippen LogP contribution in [0.5, 0.6) is 0 Å². The van der Waals surface area contributed by atoms with Gasteiger partial charge in [-0.25, -0.2) is 0 Å². The highest BCUT2D eigenvalue weighted by molar-refractivity contribution is 5.38. The maximum atomic E-state index is 6.29. The third-order valence-electron chi connectivity index (χ3n) is 4.60.